The molecule has 0 aromatic heterocycles. The molecule has 0 bridgehead atoms. The van der Waals surface area contributed by atoms with E-state index < -0.39 is 0 Å². The fourth-order valence-electron chi connectivity index (χ4n) is 3.45. The molecule has 1 fully saturated rings. The van der Waals surface area contributed by atoms with Gasteiger partial charge in [-0.15, -0.1) is 0 Å². The Bertz CT molecular complexity index is 866. The number of para-hydroxylation sites is 2. The minimum Gasteiger partial charge on any atom is -0.506 e. The van der Waals surface area contributed by atoms with Gasteiger partial charge < -0.3 is 15.3 Å². The largest absolute Gasteiger partial charge is 0.506 e. The van der Waals surface area contributed by atoms with Gasteiger partial charge in [-0.2, -0.15) is 0 Å². The van der Waals surface area contributed by atoms with Crippen molar-refractivity contribution in [1.29, 1.82) is 0 Å². The van der Waals surface area contributed by atoms with Crippen molar-refractivity contribution < 1.29 is 19.1 Å². The number of rotatable bonds is 6. The minimum absolute atomic E-state index is 0.0433. The van der Waals surface area contributed by atoms with E-state index in [-0.39, 0.29) is 42.4 Å². The zero-order chi connectivity index (χ0) is 20.8. The topological polar surface area (TPSA) is 72.9 Å². The van der Waals surface area contributed by atoms with Crippen LogP contribution in [0.3, 0.4) is 0 Å². The Balaban J connectivity index is 1.45. The van der Waals surface area contributed by atoms with Gasteiger partial charge in [0.2, 0.25) is 11.8 Å². The zero-order valence-corrected chi connectivity index (χ0v) is 16.5. The van der Waals surface area contributed by atoms with Crippen molar-refractivity contribution >= 4 is 17.5 Å². The van der Waals surface area contributed by atoms with Crippen molar-refractivity contribution in [2.24, 2.45) is 5.92 Å². The lowest BCUT2D eigenvalue weighted by molar-refractivity contribution is -0.132. The molecule has 2 amide bonds. The molecule has 154 valence electrons. The van der Waals surface area contributed by atoms with Gasteiger partial charge in [-0.1, -0.05) is 30.3 Å². The number of piperidine rings is 1. The predicted octanol–water partition coefficient (Wildman–Crippen LogP) is 2.84. The summed E-state index contributed by atoms with van der Waals surface area (Å²) < 4.78 is 13.8. The van der Waals surface area contributed by atoms with Crippen molar-refractivity contribution in [3.05, 3.63) is 59.9 Å². The summed E-state index contributed by atoms with van der Waals surface area (Å²) in [4.78, 5) is 28.5. The van der Waals surface area contributed by atoms with E-state index in [1.807, 2.05) is 4.90 Å². The van der Waals surface area contributed by atoms with E-state index in [1.54, 1.807) is 43.4 Å². The fraction of sp³-hybridized carbons (Fsp3) is 0.364. The standard InChI is InChI=1S/C22H26FN3O3/c1-25(14-17-6-2-3-7-18(17)23)21(28)15-26-12-10-16(11-13-26)22(29)24-19-8-4-5-9-20(19)27/h2-9,16,27H,10-15H2,1H3,(H,24,29). The number of carbonyl (C=O) groups is 2. The summed E-state index contributed by atoms with van der Waals surface area (Å²) in [5.74, 6) is -0.623. The third-order valence-corrected chi connectivity index (χ3v) is 5.27. The second-order valence-corrected chi connectivity index (χ2v) is 7.40. The quantitative estimate of drug-likeness (QED) is 0.733. The number of anilines is 1. The lowest BCUT2D eigenvalue weighted by Crippen LogP contribution is -2.43. The number of phenolic OH excluding ortho intramolecular Hbond substituents is 1. The van der Waals surface area contributed by atoms with E-state index in [1.165, 1.54) is 17.0 Å². The summed E-state index contributed by atoms with van der Waals surface area (Å²) in [6.45, 7) is 1.75. The predicted molar refractivity (Wildman–Crippen MR) is 109 cm³/mol. The van der Waals surface area contributed by atoms with Crippen molar-refractivity contribution in [3.63, 3.8) is 0 Å². The second-order valence-electron chi connectivity index (χ2n) is 7.40. The number of nitrogens with zero attached hydrogens (tertiary/aromatic N) is 2. The number of nitrogens with one attached hydrogen (secondary N) is 1. The molecule has 0 atom stereocenters. The van der Waals surface area contributed by atoms with Crippen molar-refractivity contribution in [1.82, 2.24) is 9.80 Å². The number of carbonyl (C=O) groups excluding carboxylic acids is 2. The van der Waals surface area contributed by atoms with E-state index in [4.69, 9.17) is 0 Å². The summed E-state index contributed by atoms with van der Waals surface area (Å²) >= 11 is 0. The van der Waals surface area contributed by atoms with Crippen LogP contribution in [0.1, 0.15) is 18.4 Å². The molecule has 29 heavy (non-hydrogen) atoms. The smallest absolute Gasteiger partial charge is 0.236 e. The molecule has 1 saturated heterocycles. The Labute approximate surface area is 169 Å². The third-order valence-electron chi connectivity index (χ3n) is 5.27. The summed E-state index contributed by atoms with van der Waals surface area (Å²) in [6.07, 6.45) is 1.29. The minimum atomic E-state index is -0.316. The van der Waals surface area contributed by atoms with Crippen LogP contribution >= 0.6 is 0 Å². The Morgan fingerprint density at radius 2 is 1.79 bits per heavy atom. The number of halogens is 1. The molecule has 0 unspecified atom stereocenters. The molecule has 2 aromatic carbocycles. The molecule has 1 aliphatic heterocycles. The first kappa shape index (κ1) is 20.8. The molecular weight excluding hydrogens is 373 g/mol. The molecule has 7 heteroatoms. The molecule has 0 spiro atoms. The van der Waals surface area contributed by atoms with Crippen LogP contribution in [0.4, 0.5) is 10.1 Å². The molecule has 1 heterocycles. The lowest BCUT2D eigenvalue weighted by Gasteiger charge is -2.32. The highest BCUT2D eigenvalue weighted by atomic mass is 19.1. The number of hydrogen-bond acceptors (Lipinski definition) is 4. The third kappa shape index (κ3) is 5.54. The van der Waals surface area contributed by atoms with Crippen molar-refractivity contribution in [2.75, 3.05) is 32.0 Å². The molecule has 0 saturated carbocycles. The van der Waals surface area contributed by atoms with E-state index >= 15 is 0 Å². The molecule has 2 aromatic rings. The average Bonchev–Trinajstić information content (AvgIpc) is 2.72. The SMILES string of the molecule is CN(Cc1ccccc1F)C(=O)CN1CCC(C(=O)Nc2ccccc2O)CC1. The Kier molecular flexibility index (Phi) is 6.82. The average molecular weight is 399 g/mol. The van der Waals surface area contributed by atoms with Crippen LogP contribution in [0.25, 0.3) is 0 Å². The van der Waals surface area contributed by atoms with Gasteiger partial charge in [0.1, 0.15) is 11.6 Å². The fourth-order valence-corrected chi connectivity index (χ4v) is 3.45. The van der Waals surface area contributed by atoms with Crippen LogP contribution < -0.4 is 5.32 Å². The van der Waals surface area contributed by atoms with Gasteiger partial charge in [-0.3, -0.25) is 14.5 Å². The van der Waals surface area contributed by atoms with Gasteiger partial charge in [0.15, 0.2) is 0 Å². The maximum absolute atomic E-state index is 13.8. The molecule has 1 aliphatic rings. The Hall–Kier alpha value is -2.93. The summed E-state index contributed by atoms with van der Waals surface area (Å²) in [6, 6.07) is 13.1. The number of hydrogen-bond donors (Lipinski definition) is 2. The van der Waals surface area contributed by atoms with E-state index in [2.05, 4.69) is 5.32 Å². The zero-order valence-electron chi connectivity index (χ0n) is 16.5. The van der Waals surface area contributed by atoms with Crippen LogP contribution in [0, 0.1) is 11.7 Å². The number of benzene rings is 2. The van der Waals surface area contributed by atoms with Crippen molar-refractivity contribution in [2.45, 2.75) is 19.4 Å². The van der Waals surface area contributed by atoms with Crippen molar-refractivity contribution in [3.8, 4) is 5.75 Å². The first-order chi connectivity index (χ1) is 13.9. The first-order valence-corrected chi connectivity index (χ1v) is 9.72. The first-order valence-electron chi connectivity index (χ1n) is 9.72. The van der Waals surface area contributed by atoms with Crippen LogP contribution in [-0.2, 0) is 16.1 Å². The van der Waals surface area contributed by atoms with Crippen LogP contribution in [-0.4, -0.2) is 53.4 Å². The van der Waals surface area contributed by atoms with E-state index in [0.29, 0.717) is 37.2 Å². The highest BCUT2D eigenvalue weighted by Crippen LogP contribution is 2.24. The maximum Gasteiger partial charge on any atom is 0.236 e. The molecule has 3 rings (SSSR count). The summed E-state index contributed by atoms with van der Waals surface area (Å²) in [5, 5.41) is 12.6. The monoisotopic (exact) mass is 399 g/mol. The molecule has 0 radical (unpaired) electrons. The van der Waals surface area contributed by atoms with E-state index in [0.717, 1.165) is 0 Å². The lowest BCUT2D eigenvalue weighted by atomic mass is 9.95. The van der Waals surface area contributed by atoms with Gasteiger partial charge in [-0.05, 0) is 44.1 Å². The molecule has 0 aliphatic carbocycles. The van der Waals surface area contributed by atoms with Gasteiger partial charge in [0.05, 0.1) is 12.2 Å². The van der Waals surface area contributed by atoms with Gasteiger partial charge in [0.25, 0.3) is 0 Å². The highest BCUT2D eigenvalue weighted by molar-refractivity contribution is 5.93. The summed E-state index contributed by atoms with van der Waals surface area (Å²) in [7, 11) is 1.67. The number of aromatic hydroxyl groups is 1. The van der Waals surface area contributed by atoms with Crippen LogP contribution in [0.5, 0.6) is 5.75 Å². The Morgan fingerprint density at radius 3 is 2.48 bits per heavy atom. The molecule has 2 N–H and O–H groups in total. The highest BCUT2D eigenvalue weighted by Gasteiger charge is 2.27. The summed E-state index contributed by atoms with van der Waals surface area (Å²) in [5.41, 5.74) is 0.896. The van der Waals surface area contributed by atoms with Crippen LogP contribution in [0.2, 0.25) is 0 Å². The number of likely N-dealkylation sites (tertiary alicyclic amines) is 1. The molecule has 6 nitrogen and oxygen atoms in total. The normalized spacial score (nSPS) is 15.1. The number of amides is 2. The second kappa shape index (κ2) is 9.52. The number of phenols is 1. The van der Waals surface area contributed by atoms with Gasteiger partial charge in [-0.25, -0.2) is 4.39 Å². The van der Waals surface area contributed by atoms with Gasteiger partial charge in [0, 0.05) is 25.1 Å². The van der Waals surface area contributed by atoms with Crippen LogP contribution in [0.15, 0.2) is 48.5 Å². The van der Waals surface area contributed by atoms with E-state index in [9.17, 15) is 19.1 Å². The molecular formula is C22H26FN3O3. The number of likely N-dealkylation sites (N-methyl/N-ethyl adjacent to an activating group) is 1. The van der Waals surface area contributed by atoms with Gasteiger partial charge >= 0.3 is 0 Å². The maximum atomic E-state index is 13.8. The Morgan fingerprint density at radius 1 is 1.14 bits per heavy atom.